The zero-order valence-corrected chi connectivity index (χ0v) is 18.5. The van der Waals surface area contributed by atoms with Crippen molar-refractivity contribution in [3.63, 3.8) is 0 Å². The molecule has 8 nitrogen and oxygen atoms in total. The zero-order valence-electron chi connectivity index (χ0n) is 17.7. The highest BCUT2D eigenvalue weighted by Crippen LogP contribution is 2.31. The van der Waals surface area contributed by atoms with E-state index in [0.717, 1.165) is 6.07 Å². The molecule has 1 aliphatic heterocycles. The van der Waals surface area contributed by atoms with Crippen molar-refractivity contribution in [2.75, 3.05) is 18.0 Å². The molecule has 3 amide bonds. The van der Waals surface area contributed by atoms with Gasteiger partial charge in [-0.25, -0.2) is 4.39 Å². The summed E-state index contributed by atoms with van der Waals surface area (Å²) in [6, 6.07) is 10.6. The number of fused-ring (bicyclic) bond motifs is 1. The summed E-state index contributed by atoms with van der Waals surface area (Å²) in [6.45, 7) is 2.36. The van der Waals surface area contributed by atoms with E-state index < -0.39 is 23.2 Å². The second kappa shape index (κ2) is 8.84. The minimum atomic E-state index is -2.24. The van der Waals surface area contributed by atoms with Crippen molar-refractivity contribution in [1.82, 2.24) is 15.6 Å². The molecule has 0 unspecified atom stereocenters. The second-order valence-corrected chi connectivity index (χ2v) is 8.28. The summed E-state index contributed by atoms with van der Waals surface area (Å²) in [5.74, 6) is -2.41. The molecule has 0 saturated carbocycles. The molecule has 1 aliphatic rings. The van der Waals surface area contributed by atoms with Crippen LogP contribution >= 0.6 is 11.6 Å². The first-order valence-electron chi connectivity index (χ1n) is 10.4. The Morgan fingerprint density at radius 3 is 2.73 bits per heavy atom. The van der Waals surface area contributed by atoms with Gasteiger partial charge in [0.05, 0.1) is 0 Å². The molecule has 0 bridgehead atoms. The molecule has 1 fully saturated rings. The van der Waals surface area contributed by atoms with Crippen LogP contribution in [0.2, 0.25) is 5.02 Å². The molecule has 4 N–H and O–H groups in total. The first-order chi connectivity index (χ1) is 15.7. The van der Waals surface area contributed by atoms with Gasteiger partial charge < -0.3 is 25.6 Å². The van der Waals surface area contributed by atoms with E-state index in [2.05, 4.69) is 15.6 Å². The molecule has 1 atom stereocenters. The van der Waals surface area contributed by atoms with Crippen molar-refractivity contribution >= 4 is 45.9 Å². The summed E-state index contributed by atoms with van der Waals surface area (Å²) in [5.41, 5.74) is -0.232. The molecule has 4 rings (SSSR count). The zero-order chi connectivity index (χ0) is 23.8. The van der Waals surface area contributed by atoms with Gasteiger partial charge in [0.1, 0.15) is 11.5 Å². The number of aromatic amines is 1. The van der Waals surface area contributed by atoms with Crippen LogP contribution in [-0.4, -0.2) is 46.5 Å². The Bertz CT molecular complexity index is 1240. The van der Waals surface area contributed by atoms with Gasteiger partial charge >= 0.3 is 0 Å². The fraction of sp³-hybridized carbons (Fsp3) is 0.261. The number of nitrogens with zero attached hydrogens (tertiary/aromatic N) is 1. The standard InChI is InChI=1S/C23H22ClFN4O4/c1-2-26-20(30)19-10-14-9-17(3-4-18(14)28-19)29-6-5-23(33,22(29)32)21(31)27-12-13-7-15(24)11-16(25)8-13/h3-4,7-11,28,33H,2,5-6,12H2,1H3,(H,26,30)(H,27,31)/t23-/m0/s1. The van der Waals surface area contributed by atoms with Crippen molar-refractivity contribution in [2.24, 2.45) is 0 Å². The van der Waals surface area contributed by atoms with Gasteiger partial charge in [0.15, 0.2) is 0 Å². The van der Waals surface area contributed by atoms with Crippen LogP contribution in [0.4, 0.5) is 10.1 Å². The predicted octanol–water partition coefficient (Wildman–Crippen LogP) is 2.49. The number of benzene rings is 2. The van der Waals surface area contributed by atoms with E-state index in [4.69, 9.17) is 11.6 Å². The third kappa shape index (κ3) is 4.42. The molecule has 172 valence electrons. The molecule has 10 heteroatoms. The van der Waals surface area contributed by atoms with Crippen LogP contribution in [0.25, 0.3) is 10.9 Å². The van der Waals surface area contributed by atoms with Gasteiger partial charge in [0.2, 0.25) is 5.60 Å². The molecule has 0 aliphatic carbocycles. The van der Waals surface area contributed by atoms with Crippen molar-refractivity contribution < 1.29 is 23.9 Å². The van der Waals surface area contributed by atoms with Crippen molar-refractivity contribution in [3.05, 3.63) is 64.6 Å². The number of carbonyl (C=O) groups excluding carboxylic acids is 3. The monoisotopic (exact) mass is 472 g/mol. The Morgan fingerprint density at radius 1 is 1.21 bits per heavy atom. The largest absolute Gasteiger partial charge is 0.372 e. The molecule has 2 aromatic carbocycles. The lowest BCUT2D eigenvalue weighted by molar-refractivity contribution is -0.149. The van der Waals surface area contributed by atoms with E-state index in [9.17, 15) is 23.9 Å². The van der Waals surface area contributed by atoms with E-state index in [-0.39, 0.29) is 30.4 Å². The van der Waals surface area contributed by atoms with Crippen LogP contribution in [0, 0.1) is 5.82 Å². The van der Waals surface area contributed by atoms with Gasteiger partial charge in [-0.1, -0.05) is 11.6 Å². The van der Waals surface area contributed by atoms with E-state index in [1.807, 2.05) is 6.92 Å². The topological polar surface area (TPSA) is 115 Å². The first-order valence-corrected chi connectivity index (χ1v) is 10.8. The molecule has 1 aromatic heterocycles. The lowest BCUT2D eigenvalue weighted by atomic mass is 10.0. The molecule has 2 heterocycles. The van der Waals surface area contributed by atoms with Gasteiger partial charge in [-0.3, -0.25) is 14.4 Å². The smallest absolute Gasteiger partial charge is 0.268 e. The summed E-state index contributed by atoms with van der Waals surface area (Å²) in [7, 11) is 0. The molecule has 0 spiro atoms. The summed E-state index contributed by atoms with van der Waals surface area (Å²) in [5, 5.41) is 16.9. The highest BCUT2D eigenvalue weighted by Gasteiger charge is 2.51. The maximum absolute atomic E-state index is 13.5. The quantitative estimate of drug-likeness (QED) is 0.413. The van der Waals surface area contributed by atoms with Gasteiger partial charge in [0.25, 0.3) is 17.7 Å². The summed E-state index contributed by atoms with van der Waals surface area (Å²) < 4.78 is 13.5. The normalized spacial score (nSPS) is 18.1. The summed E-state index contributed by atoms with van der Waals surface area (Å²) >= 11 is 5.82. The van der Waals surface area contributed by atoms with Crippen molar-refractivity contribution in [3.8, 4) is 0 Å². The maximum Gasteiger partial charge on any atom is 0.268 e. The molecular formula is C23H22ClFN4O4. The van der Waals surface area contributed by atoms with Crippen LogP contribution in [0.15, 0.2) is 42.5 Å². The molecule has 0 radical (unpaired) electrons. The van der Waals surface area contributed by atoms with E-state index in [1.54, 1.807) is 24.3 Å². The number of anilines is 1. The van der Waals surface area contributed by atoms with Gasteiger partial charge in [0, 0.05) is 47.7 Å². The van der Waals surface area contributed by atoms with Crippen LogP contribution < -0.4 is 15.5 Å². The lowest BCUT2D eigenvalue weighted by Gasteiger charge is -2.22. The maximum atomic E-state index is 13.5. The van der Waals surface area contributed by atoms with E-state index in [0.29, 0.717) is 34.4 Å². The van der Waals surface area contributed by atoms with Crippen LogP contribution in [0.5, 0.6) is 0 Å². The number of halogens is 2. The summed E-state index contributed by atoms with van der Waals surface area (Å²) in [4.78, 5) is 42.1. The number of hydrogen-bond acceptors (Lipinski definition) is 4. The van der Waals surface area contributed by atoms with Gasteiger partial charge in [-0.15, -0.1) is 0 Å². The lowest BCUT2D eigenvalue weighted by Crippen LogP contribution is -2.52. The van der Waals surface area contributed by atoms with Crippen LogP contribution in [0.3, 0.4) is 0 Å². The predicted molar refractivity (Wildman–Crippen MR) is 121 cm³/mol. The van der Waals surface area contributed by atoms with Crippen molar-refractivity contribution in [2.45, 2.75) is 25.5 Å². The minimum absolute atomic E-state index is 0.0934. The Balaban J connectivity index is 1.49. The number of carbonyl (C=O) groups is 3. The number of amides is 3. The highest BCUT2D eigenvalue weighted by molar-refractivity contribution is 6.30. The molecule has 33 heavy (non-hydrogen) atoms. The Hall–Kier alpha value is -3.43. The van der Waals surface area contributed by atoms with Gasteiger partial charge in [-0.2, -0.15) is 0 Å². The van der Waals surface area contributed by atoms with Crippen LogP contribution in [-0.2, 0) is 16.1 Å². The van der Waals surface area contributed by atoms with Crippen LogP contribution in [0.1, 0.15) is 29.4 Å². The average Bonchev–Trinajstić information content (AvgIpc) is 3.33. The third-order valence-corrected chi connectivity index (χ3v) is 5.76. The minimum Gasteiger partial charge on any atom is -0.372 e. The first kappa shape index (κ1) is 22.8. The fourth-order valence-corrected chi connectivity index (χ4v) is 4.11. The number of rotatable bonds is 6. The summed E-state index contributed by atoms with van der Waals surface area (Å²) in [6.07, 6.45) is -0.100. The molecule has 1 saturated heterocycles. The number of aromatic nitrogens is 1. The Kier molecular flexibility index (Phi) is 6.09. The van der Waals surface area contributed by atoms with Gasteiger partial charge in [-0.05, 0) is 55.0 Å². The fourth-order valence-electron chi connectivity index (χ4n) is 3.87. The molecule has 3 aromatic rings. The molecular weight excluding hydrogens is 451 g/mol. The Morgan fingerprint density at radius 2 is 2.00 bits per heavy atom. The number of nitrogens with one attached hydrogen (secondary N) is 3. The number of hydrogen-bond donors (Lipinski definition) is 4. The van der Waals surface area contributed by atoms with E-state index >= 15 is 0 Å². The highest BCUT2D eigenvalue weighted by atomic mass is 35.5. The third-order valence-electron chi connectivity index (χ3n) is 5.55. The SMILES string of the molecule is CCNC(=O)c1cc2cc(N3CC[C@](O)(C(=O)NCc4cc(F)cc(Cl)c4)C3=O)ccc2[nH]1. The second-order valence-electron chi connectivity index (χ2n) is 7.84. The Labute approximate surface area is 193 Å². The number of aliphatic hydroxyl groups is 1. The van der Waals surface area contributed by atoms with Crippen molar-refractivity contribution in [1.29, 1.82) is 0 Å². The number of H-pyrrole nitrogens is 1. The van der Waals surface area contributed by atoms with E-state index in [1.165, 1.54) is 17.0 Å². The average molecular weight is 473 g/mol.